The monoisotopic (exact) mass is 336 g/mol. The van der Waals surface area contributed by atoms with E-state index >= 15 is 0 Å². The molecule has 4 rings (SSSR count). The van der Waals surface area contributed by atoms with Gasteiger partial charge < -0.3 is 14.1 Å². The summed E-state index contributed by atoms with van der Waals surface area (Å²) < 4.78 is 11.2. The highest BCUT2D eigenvalue weighted by Gasteiger charge is 2.34. The van der Waals surface area contributed by atoms with Crippen molar-refractivity contribution in [2.45, 2.75) is 25.8 Å². The first-order valence-corrected chi connectivity index (χ1v) is 8.48. The van der Waals surface area contributed by atoms with E-state index in [0.29, 0.717) is 17.1 Å². The van der Waals surface area contributed by atoms with Crippen LogP contribution in [-0.2, 0) is 0 Å². The standard InChI is InChI=1S/C20H20N2O3/c1-13-15-9-8-14(24-2)12-18(15)25-19(13)20(23)22-11-5-7-17(22)16-6-3-4-10-21-16/h3-4,6,8-10,12,17H,5,7,11H2,1-2H3/t17-/m0/s1. The number of carbonyl (C=O) groups is 1. The van der Waals surface area contributed by atoms with Gasteiger partial charge in [-0.2, -0.15) is 0 Å². The van der Waals surface area contributed by atoms with Gasteiger partial charge in [0.05, 0.1) is 18.8 Å². The highest BCUT2D eigenvalue weighted by atomic mass is 16.5. The third kappa shape index (κ3) is 2.65. The summed E-state index contributed by atoms with van der Waals surface area (Å²) in [5, 5.41) is 0.942. The van der Waals surface area contributed by atoms with Gasteiger partial charge in [-0.15, -0.1) is 0 Å². The number of aryl methyl sites for hydroxylation is 1. The number of amides is 1. The molecule has 5 nitrogen and oxygen atoms in total. The number of fused-ring (bicyclic) bond motifs is 1. The first-order valence-electron chi connectivity index (χ1n) is 8.48. The fraction of sp³-hybridized carbons (Fsp3) is 0.300. The molecule has 0 saturated carbocycles. The molecular weight excluding hydrogens is 316 g/mol. The molecule has 3 heterocycles. The molecule has 5 heteroatoms. The van der Waals surface area contributed by atoms with E-state index in [0.717, 1.165) is 36.0 Å². The normalized spacial score (nSPS) is 17.2. The number of furan rings is 1. The highest BCUT2D eigenvalue weighted by molar-refractivity contribution is 5.99. The fourth-order valence-corrected chi connectivity index (χ4v) is 3.56. The van der Waals surface area contributed by atoms with Crippen molar-refractivity contribution in [3.63, 3.8) is 0 Å². The number of likely N-dealkylation sites (tertiary alicyclic amines) is 1. The van der Waals surface area contributed by atoms with Crippen LogP contribution in [0.2, 0.25) is 0 Å². The second-order valence-electron chi connectivity index (χ2n) is 6.33. The quantitative estimate of drug-likeness (QED) is 0.722. The first-order chi connectivity index (χ1) is 12.2. The molecule has 2 aromatic heterocycles. The second-order valence-corrected chi connectivity index (χ2v) is 6.33. The zero-order valence-corrected chi connectivity index (χ0v) is 14.4. The molecule has 128 valence electrons. The van der Waals surface area contributed by atoms with Gasteiger partial charge in [0, 0.05) is 29.8 Å². The highest BCUT2D eigenvalue weighted by Crippen LogP contribution is 2.35. The van der Waals surface area contributed by atoms with Crippen molar-refractivity contribution >= 4 is 16.9 Å². The zero-order chi connectivity index (χ0) is 17.4. The minimum Gasteiger partial charge on any atom is -0.497 e. The zero-order valence-electron chi connectivity index (χ0n) is 14.4. The predicted molar refractivity (Wildman–Crippen MR) is 94.8 cm³/mol. The molecule has 1 atom stereocenters. The van der Waals surface area contributed by atoms with Crippen molar-refractivity contribution in [2.24, 2.45) is 0 Å². The maximum absolute atomic E-state index is 13.1. The van der Waals surface area contributed by atoms with E-state index in [1.807, 2.05) is 48.2 Å². The number of rotatable bonds is 3. The van der Waals surface area contributed by atoms with E-state index in [4.69, 9.17) is 9.15 Å². The Kier molecular flexibility index (Phi) is 3.92. The van der Waals surface area contributed by atoms with E-state index in [2.05, 4.69) is 4.98 Å². The van der Waals surface area contributed by atoms with Gasteiger partial charge in [0.2, 0.25) is 0 Å². The van der Waals surface area contributed by atoms with Crippen LogP contribution in [0.25, 0.3) is 11.0 Å². The number of ether oxygens (including phenoxy) is 1. The van der Waals surface area contributed by atoms with Crippen molar-refractivity contribution in [3.05, 3.63) is 59.6 Å². The third-order valence-corrected chi connectivity index (χ3v) is 4.88. The van der Waals surface area contributed by atoms with Crippen LogP contribution < -0.4 is 4.74 Å². The minimum atomic E-state index is -0.0687. The Labute approximate surface area is 146 Å². The van der Waals surface area contributed by atoms with Gasteiger partial charge in [0.1, 0.15) is 11.3 Å². The number of pyridine rings is 1. The number of methoxy groups -OCH3 is 1. The van der Waals surface area contributed by atoms with Crippen molar-refractivity contribution < 1.29 is 13.9 Å². The molecule has 3 aromatic rings. The second kappa shape index (κ2) is 6.24. The molecule has 1 aliphatic heterocycles. The van der Waals surface area contributed by atoms with Crippen LogP contribution in [0.4, 0.5) is 0 Å². The van der Waals surface area contributed by atoms with E-state index in [1.54, 1.807) is 13.3 Å². The van der Waals surface area contributed by atoms with Gasteiger partial charge in [0.15, 0.2) is 5.76 Å². The van der Waals surface area contributed by atoms with E-state index in [1.165, 1.54) is 0 Å². The lowest BCUT2D eigenvalue weighted by molar-refractivity contribution is 0.0702. The molecule has 1 amide bonds. The summed E-state index contributed by atoms with van der Waals surface area (Å²) in [5.74, 6) is 1.06. The molecule has 1 aliphatic rings. The Morgan fingerprint density at radius 1 is 1.32 bits per heavy atom. The smallest absolute Gasteiger partial charge is 0.290 e. The van der Waals surface area contributed by atoms with Crippen LogP contribution in [0, 0.1) is 6.92 Å². The molecule has 0 bridgehead atoms. The number of aromatic nitrogens is 1. The molecule has 1 saturated heterocycles. The molecule has 1 fully saturated rings. The van der Waals surface area contributed by atoms with Crippen LogP contribution in [0.5, 0.6) is 5.75 Å². The number of benzene rings is 1. The molecule has 0 unspecified atom stereocenters. The summed E-state index contributed by atoms with van der Waals surface area (Å²) in [6, 6.07) is 11.5. The fourth-order valence-electron chi connectivity index (χ4n) is 3.56. The lowest BCUT2D eigenvalue weighted by atomic mass is 10.1. The van der Waals surface area contributed by atoms with Gasteiger partial charge in [-0.1, -0.05) is 6.07 Å². The summed E-state index contributed by atoms with van der Waals surface area (Å²) in [5.41, 5.74) is 2.48. The van der Waals surface area contributed by atoms with E-state index in [-0.39, 0.29) is 11.9 Å². The Morgan fingerprint density at radius 3 is 2.96 bits per heavy atom. The molecule has 25 heavy (non-hydrogen) atoms. The Morgan fingerprint density at radius 2 is 2.20 bits per heavy atom. The van der Waals surface area contributed by atoms with Gasteiger partial charge in [-0.05, 0) is 44.0 Å². The van der Waals surface area contributed by atoms with Crippen LogP contribution in [0.15, 0.2) is 47.0 Å². The summed E-state index contributed by atoms with van der Waals surface area (Å²) in [7, 11) is 1.62. The summed E-state index contributed by atoms with van der Waals surface area (Å²) in [6.07, 6.45) is 3.67. The average molecular weight is 336 g/mol. The summed E-state index contributed by atoms with van der Waals surface area (Å²) in [6.45, 7) is 2.65. The van der Waals surface area contributed by atoms with Gasteiger partial charge in [0.25, 0.3) is 5.91 Å². The van der Waals surface area contributed by atoms with Crippen molar-refractivity contribution in [2.75, 3.05) is 13.7 Å². The SMILES string of the molecule is COc1ccc2c(C)c(C(=O)N3CCC[C@H]3c3ccccn3)oc2c1. The van der Waals surface area contributed by atoms with E-state index < -0.39 is 0 Å². The van der Waals surface area contributed by atoms with Crippen LogP contribution in [0.1, 0.15) is 40.7 Å². The van der Waals surface area contributed by atoms with Crippen LogP contribution in [0.3, 0.4) is 0 Å². The first kappa shape index (κ1) is 15.7. The largest absolute Gasteiger partial charge is 0.497 e. The topological polar surface area (TPSA) is 55.6 Å². The molecule has 0 aliphatic carbocycles. The van der Waals surface area contributed by atoms with Gasteiger partial charge in [-0.25, -0.2) is 0 Å². The minimum absolute atomic E-state index is 0.0100. The summed E-state index contributed by atoms with van der Waals surface area (Å²) >= 11 is 0. The molecular formula is C20H20N2O3. The predicted octanol–water partition coefficient (Wildman–Crippen LogP) is 4.12. The number of carbonyl (C=O) groups excluding carboxylic acids is 1. The molecule has 0 N–H and O–H groups in total. The lowest BCUT2D eigenvalue weighted by Gasteiger charge is -2.23. The third-order valence-electron chi connectivity index (χ3n) is 4.88. The summed E-state index contributed by atoms with van der Waals surface area (Å²) in [4.78, 5) is 19.5. The van der Waals surface area contributed by atoms with Gasteiger partial charge in [-0.3, -0.25) is 9.78 Å². The van der Waals surface area contributed by atoms with Crippen LogP contribution in [-0.4, -0.2) is 29.4 Å². The number of hydrogen-bond donors (Lipinski definition) is 0. The maximum Gasteiger partial charge on any atom is 0.290 e. The Hall–Kier alpha value is -2.82. The van der Waals surface area contributed by atoms with Crippen molar-refractivity contribution in [3.8, 4) is 5.75 Å². The molecule has 0 spiro atoms. The number of nitrogens with zero attached hydrogens (tertiary/aromatic N) is 2. The molecule has 1 aromatic carbocycles. The Balaban J connectivity index is 1.70. The lowest BCUT2D eigenvalue weighted by Crippen LogP contribution is -2.31. The Bertz CT molecular complexity index is 917. The molecule has 0 radical (unpaired) electrons. The number of hydrogen-bond acceptors (Lipinski definition) is 4. The van der Waals surface area contributed by atoms with Crippen LogP contribution >= 0.6 is 0 Å². The van der Waals surface area contributed by atoms with Crippen molar-refractivity contribution in [1.29, 1.82) is 0 Å². The maximum atomic E-state index is 13.1. The van der Waals surface area contributed by atoms with Crippen molar-refractivity contribution in [1.82, 2.24) is 9.88 Å². The average Bonchev–Trinajstić information content (AvgIpc) is 3.27. The van der Waals surface area contributed by atoms with E-state index in [9.17, 15) is 4.79 Å². The van der Waals surface area contributed by atoms with Gasteiger partial charge >= 0.3 is 0 Å².